The summed E-state index contributed by atoms with van der Waals surface area (Å²) in [7, 11) is 5.86. The third-order valence-corrected chi connectivity index (χ3v) is 3.34. The molecule has 21 heavy (non-hydrogen) atoms. The van der Waals surface area contributed by atoms with E-state index in [-0.39, 0.29) is 0 Å². The van der Waals surface area contributed by atoms with E-state index in [1.165, 1.54) is 16.7 Å². The Kier molecular flexibility index (Phi) is 5.78. The standard InChI is InChI=1S/C18H24N2O/c1-20(2)14-17-6-4-15(5-7-17)12-19-13-16-8-10-18(21-3)11-9-16/h4-11,19H,12-14H2,1-3H3. The molecule has 0 saturated heterocycles. The van der Waals surface area contributed by atoms with Crippen LogP contribution in [0.25, 0.3) is 0 Å². The van der Waals surface area contributed by atoms with E-state index in [0.717, 1.165) is 25.4 Å². The Hall–Kier alpha value is -1.84. The minimum absolute atomic E-state index is 0.865. The summed E-state index contributed by atoms with van der Waals surface area (Å²) >= 11 is 0. The first-order chi connectivity index (χ1) is 10.2. The van der Waals surface area contributed by atoms with Gasteiger partial charge in [0.05, 0.1) is 7.11 Å². The van der Waals surface area contributed by atoms with Crippen molar-refractivity contribution in [1.82, 2.24) is 10.2 Å². The van der Waals surface area contributed by atoms with Crippen LogP contribution in [0.5, 0.6) is 5.75 Å². The lowest BCUT2D eigenvalue weighted by atomic mass is 10.1. The quantitative estimate of drug-likeness (QED) is 0.846. The molecule has 0 unspecified atom stereocenters. The lowest BCUT2D eigenvalue weighted by Crippen LogP contribution is -2.13. The molecule has 0 fully saturated rings. The first-order valence-corrected chi connectivity index (χ1v) is 7.23. The smallest absolute Gasteiger partial charge is 0.118 e. The summed E-state index contributed by atoms with van der Waals surface area (Å²) in [6.07, 6.45) is 0. The van der Waals surface area contributed by atoms with Gasteiger partial charge in [-0.3, -0.25) is 0 Å². The molecule has 0 aliphatic heterocycles. The number of nitrogens with zero attached hydrogens (tertiary/aromatic N) is 1. The first kappa shape index (κ1) is 15.5. The highest BCUT2D eigenvalue weighted by molar-refractivity contribution is 5.27. The zero-order valence-corrected chi connectivity index (χ0v) is 13.1. The molecular weight excluding hydrogens is 260 g/mol. The largest absolute Gasteiger partial charge is 0.497 e. The van der Waals surface area contributed by atoms with Crippen molar-refractivity contribution in [1.29, 1.82) is 0 Å². The second-order valence-corrected chi connectivity index (χ2v) is 5.51. The minimum atomic E-state index is 0.865. The number of benzene rings is 2. The molecule has 1 N–H and O–H groups in total. The van der Waals surface area contributed by atoms with Crippen LogP contribution in [0.3, 0.4) is 0 Å². The number of nitrogens with one attached hydrogen (secondary N) is 1. The SMILES string of the molecule is COc1ccc(CNCc2ccc(CN(C)C)cc2)cc1. The molecule has 0 spiro atoms. The Labute approximate surface area is 127 Å². The van der Waals surface area contributed by atoms with Gasteiger partial charge in [0.15, 0.2) is 0 Å². The summed E-state index contributed by atoms with van der Waals surface area (Å²) in [5.41, 5.74) is 3.92. The van der Waals surface area contributed by atoms with Gasteiger partial charge in [0, 0.05) is 19.6 Å². The van der Waals surface area contributed by atoms with Crippen molar-refractivity contribution in [2.45, 2.75) is 19.6 Å². The second kappa shape index (κ2) is 7.81. The minimum Gasteiger partial charge on any atom is -0.497 e. The van der Waals surface area contributed by atoms with Crippen LogP contribution in [0.4, 0.5) is 0 Å². The average Bonchev–Trinajstić information content (AvgIpc) is 2.49. The van der Waals surface area contributed by atoms with E-state index >= 15 is 0 Å². The van der Waals surface area contributed by atoms with Gasteiger partial charge in [-0.15, -0.1) is 0 Å². The summed E-state index contributed by atoms with van der Waals surface area (Å²) in [5.74, 6) is 0.898. The molecule has 0 amide bonds. The van der Waals surface area contributed by atoms with E-state index in [4.69, 9.17) is 4.74 Å². The summed E-state index contributed by atoms with van der Waals surface area (Å²) in [6, 6.07) is 17.0. The first-order valence-electron chi connectivity index (χ1n) is 7.23. The van der Waals surface area contributed by atoms with E-state index in [1.54, 1.807) is 7.11 Å². The highest BCUT2D eigenvalue weighted by atomic mass is 16.5. The number of rotatable bonds is 7. The molecule has 0 aromatic heterocycles. The summed E-state index contributed by atoms with van der Waals surface area (Å²) < 4.78 is 5.16. The Balaban J connectivity index is 1.79. The fourth-order valence-electron chi connectivity index (χ4n) is 2.22. The van der Waals surface area contributed by atoms with Crippen LogP contribution >= 0.6 is 0 Å². The summed E-state index contributed by atoms with van der Waals surface area (Å²) in [4.78, 5) is 2.18. The zero-order valence-electron chi connectivity index (χ0n) is 13.1. The molecule has 2 aromatic rings. The van der Waals surface area contributed by atoms with Crippen molar-refractivity contribution in [2.75, 3.05) is 21.2 Å². The second-order valence-electron chi connectivity index (χ2n) is 5.51. The van der Waals surface area contributed by atoms with Crippen molar-refractivity contribution in [3.8, 4) is 5.75 Å². The molecule has 0 atom stereocenters. The Morgan fingerprint density at radius 2 is 1.29 bits per heavy atom. The predicted octanol–water partition coefficient (Wildman–Crippen LogP) is 3.05. The lowest BCUT2D eigenvalue weighted by Gasteiger charge is -2.10. The van der Waals surface area contributed by atoms with E-state index in [2.05, 4.69) is 60.7 Å². The molecule has 2 aromatic carbocycles. The van der Waals surface area contributed by atoms with E-state index < -0.39 is 0 Å². The highest BCUT2D eigenvalue weighted by Crippen LogP contribution is 2.11. The fourth-order valence-corrected chi connectivity index (χ4v) is 2.22. The molecule has 3 nitrogen and oxygen atoms in total. The van der Waals surface area contributed by atoms with Gasteiger partial charge >= 0.3 is 0 Å². The molecule has 0 aliphatic rings. The number of hydrogen-bond acceptors (Lipinski definition) is 3. The monoisotopic (exact) mass is 284 g/mol. The third-order valence-electron chi connectivity index (χ3n) is 3.34. The number of ether oxygens (including phenoxy) is 1. The molecule has 0 bridgehead atoms. The third kappa shape index (κ3) is 5.21. The van der Waals surface area contributed by atoms with Gasteiger partial charge in [-0.1, -0.05) is 36.4 Å². The normalized spacial score (nSPS) is 10.9. The number of methoxy groups -OCH3 is 1. The highest BCUT2D eigenvalue weighted by Gasteiger charge is 1.98. The van der Waals surface area contributed by atoms with Crippen molar-refractivity contribution in [3.05, 3.63) is 65.2 Å². The summed E-state index contributed by atoms with van der Waals surface area (Å²) in [6.45, 7) is 2.73. The predicted molar refractivity (Wildman–Crippen MR) is 87.4 cm³/mol. The van der Waals surface area contributed by atoms with Gasteiger partial charge < -0.3 is 15.0 Å². The zero-order chi connectivity index (χ0) is 15.1. The van der Waals surface area contributed by atoms with Crippen LogP contribution in [0.15, 0.2) is 48.5 Å². The van der Waals surface area contributed by atoms with Gasteiger partial charge in [0.25, 0.3) is 0 Å². The lowest BCUT2D eigenvalue weighted by molar-refractivity contribution is 0.402. The van der Waals surface area contributed by atoms with E-state index in [9.17, 15) is 0 Å². The fraction of sp³-hybridized carbons (Fsp3) is 0.333. The van der Waals surface area contributed by atoms with Crippen LogP contribution in [0, 0.1) is 0 Å². The maximum atomic E-state index is 5.16. The van der Waals surface area contributed by atoms with Crippen molar-refractivity contribution in [3.63, 3.8) is 0 Å². The summed E-state index contributed by atoms with van der Waals surface area (Å²) in [5, 5.41) is 3.46. The topological polar surface area (TPSA) is 24.5 Å². The van der Waals surface area contributed by atoms with Crippen LogP contribution in [0.1, 0.15) is 16.7 Å². The average molecular weight is 284 g/mol. The van der Waals surface area contributed by atoms with Gasteiger partial charge in [0.2, 0.25) is 0 Å². The molecule has 0 saturated carbocycles. The van der Waals surface area contributed by atoms with Gasteiger partial charge in [-0.2, -0.15) is 0 Å². The number of hydrogen-bond donors (Lipinski definition) is 1. The van der Waals surface area contributed by atoms with Gasteiger partial charge in [-0.25, -0.2) is 0 Å². The molecule has 0 aliphatic carbocycles. The van der Waals surface area contributed by atoms with Crippen molar-refractivity contribution in [2.24, 2.45) is 0 Å². The van der Waals surface area contributed by atoms with Crippen LogP contribution < -0.4 is 10.1 Å². The molecule has 0 radical (unpaired) electrons. The maximum absolute atomic E-state index is 5.16. The van der Waals surface area contributed by atoms with Crippen LogP contribution in [0.2, 0.25) is 0 Å². The van der Waals surface area contributed by atoms with Gasteiger partial charge in [-0.05, 0) is 42.9 Å². The van der Waals surface area contributed by atoms with E-state index in [0.29, 0.717) is 0 Å². The van der Waals surface area contributed by atoms with Crippen LogP contribution in [-0.2, 0) is 19.6 Å². The van der Waals surface area contributed by atoms with Crippen molar-refractivity contribution < 1.29 is 4.74 Å². The molecule has 2 rings (SSSR count). The maximum Gasteiger partial charge on any atom is 0.118 e. The Morgan fingerprint density at radius 1 is 0.810 bits per heavy atom. The van der Waals surface area contributed by atoms with Crippen molar-refractivity contribution >= 4 is 0 Å². The Morgan fingerprint density at radius 3 is 1.76 bits per heavy atom. The molecular formula is C18H24N2O. The van der Waals surface area contributed by atoms with Gasteiger partial charge in [0.1, 0.15) is 5.75 Å². The molecule has 3 heteroatoms. The van der Waals surface area contributed by atoms with Crippen LogP contribution in [-0.4, -0.2) is 26.1 Å². The Bertz CT molecular complexity index is 532. The molecule has 112 valence electrons. The van der Waals surface area contributed by atoms with E-state index in [1.807, 2.05) is 12.1 Å². The molecule has 0 heterocycles.